The summed E-state index contributed by atoms with van der Waals surface area (Å²) in [6.45, 7) is 4.31. The van der Waals surface area contributed by atoms with Crippen LogP contribution in [0.5, 0.6) is 0 Å². The standard InChI is InChI=1S/C21H29ClN4O2/c1-20(2,19(25-28-3)16-7-5-4-6-8-16)21(27,13-26-15-23-14-24-26)17-9-11-18(22)12-10-17/h9-12,14-16,27H,4-8,13H2,1-3H3. The van der Waals surface area contributed by atoms with Gasteiger partial charge in [-0.05, 0) is 30.5 Å². The van der Waals surface area contributed by atoms with Crippen LogP contribution in [0.15, 0.2) is 42.1 Å². The third-order valence-electron chi connectivity index (χ3n) is 6.03. The van der Waals surface area contributed by atoms with E-state index in [1.165, 1.54) is 25.6 Å². The molecule has 0 bridgehead atoms. The summed E-state index contributed by atoms with van der Waals surface area (Å²) in [4.78, 5) is 9.28. The number of hydrogen-bond acceptors (Lipinski definition) is 5. The molecule has 28 heavy (non-hydrogen) atoms. The second-order valence-electron chi connectivity index (χ2n) is 8.08. The van der Waals surface area contributed by atoms with Gasteiger partial charge in [0.15, 0.2) is 0 Å². The fraction of sp³-hybridized carbons (Fsp3) is 0.571. The van der Waals surface area contributed by atoms with Gasteiger partial charge in [-0.2, -0.15) is 5.10 Å². The molecule has 1 unspecified atom stereocenters. The summed E-state index contributed by atoms with van der Waals surface area (Å²) in [6.07, 6.45) is 8.80. The fourth-order valence-corrected chi connectivity index (χ4v) is 4.44. The SMILES string of the molecule is CON=C(C1CCCCC1)C(C)(C)C(O)(Cn1cncn1)c1ccc(Cl)cc1. The Morgan fingerprint density at radius 1 is 1.25 bits per heavy atom. The molecule has 152 valence electrons. The maximum atomic E-state index is 12.1. The van der Waals surface area contributed by atoms with Gasteiger partial charge in [-0.3, -0.25) is 0 Å². The molecule has 3 rings (SSSR count). The summed E-state index contributed by atoms with van der Waals surface area (Å²) in [7, 11) is 1.57. The summed E-state index contributed by atoms with van der Waals surface area (Å²) >= 11 is 6.10. The van der Waals surface area contributed by atoms with Crippen LogP contribution < -0.4 is 0 Å². The molecular weight excluding hydrogens is 376 g/mol. The summed E-state index contributed by atoms with van der Waals surface area (Å²) in [5.41, 5.74) is -0.325. The van der Waals surface area contributed by atoms with Crippen LogP contribution in [-0.4, -0.2) is 32.7 Å². The highest BCUT2D eigenvalue weighted by molar-refractivity contribution is 6.30. The number of nitrogens with zero attached hydrogens (tertiary/aromatic N) is 4. The predicted octanol–water partition coefficient (Wildman–Crippen LogP) is 4.43. The van der Waals surface area contributed by atoms with E-state index in [2.05, 4.69) is 15.2 Å². The van der Waals surface area contributed by atoms with E-state index in [0.717, 1.165) is 24.1 Å². The molecule has 0 amide bonds. The van der Waals surface area contributed by atoms with Crippen molar-refractivity contribution < 1.29 is 9.94 Å². The Bertz CT molecular complexity index is 783. The Morgan fingerprint density at radius 3 is 2.50 bits per heavy atom. The van der Waals surface area contributed by atoms with Crippen molar-refractivity contribution in [2.45, 2.75) is 58.1 Å². The molecule has 1 N–H and O–H groups in total. The van der Waals surface area contributed by atoms with Crippen LogP contribution in [0.25, 0.3) is 0 Å². The largest absolute Gasteiger partial charge is 0.399 e. The van der Waals surface area contributed by atoms with Gasteiger partial charge in [0.1, 0.15) is 25.4 Å². The van der Waals surface area contributed by atoms with Crippen molar-refractivity contribution in [2.75, 3.05) is 7.11 Å². The predicted molar refractivity (Wildman–Crippen MR) is 110 cm³/mol. The minimum absolute atomic E-state index is 0.247. The minimum atomic E-state index is -1.28. The van der Waals surface area contributed by atoms with Gasteiger partial charge in [0.25, 0.3) is 0 Å². The van der Waals surface area contributed by atoms with Crippen LogP contribution in [0.4, 0.5) is 0 Å². The third-order valence-corrected chi connectivity index (χ3v) is 6.29. The first-order chi connectivity index (χ1) is 13.4. The minimum Gasteiger partial charge on any atom is -0.399 e. The van der Waals surface area contributed by atoms with Crippen molar-refractivity contribution in [2.24, 2.45) is 16.5 Å². The van der Waals surface area contributed by atoms with E-state index in [9.17, 15) is 5.11 Å². The molecule has 6 nitrogen and oxygen atoms in total. The lowest BCUT2D eigenvalue weighted by molar-refractivity contribution is -0.0600. The average molecular weight is 405 g/mol. The second kappa shape index (κ2) is 8.62. The Balaban J connectivity index is 2.07. The smallest absolute Gasteiger partial charge is 0.137 e. The van der Waals surface area contributed by atoms with Gasteiger partial charge < -0.3 is 9.94 Å². The van der Waals surface area contributed by atoms with Crippen molar-refractivity contribution in [1.29, 1.82) is 0 Å². The highest BCUT2D eigenvalue weighted by Gasteiger charge is 2.51. The molecule has 1 atom stereocenters. The van der Waals surface area contributed by atoms with E-state index >= 15 is 0 Å². The van der Waals surface area contributed by atoms with Gasteiger partial charge in [-0.15, -0.1) is 0 Å². The first-order valence-electron chi connectivity index (χ1n) is 9.81. The fourth-order valence-electron chi connectivity index (χ4n) is 4.31. The Labute approximate surface area is 171 Å². The van der Waals surface area contributed by atoms with Crippen LogP contribution in [-0.2, 0) is 17.0 Å². The highest BCUT2D eigenvalue weighted by Crippen LogP contribution is 2.46. The van der Waals surface area contributed by atoms with E-state index < -0.39 is 11.0 Å². The second-order valence-corrected chi connectivity index (χ2v) is 8.52. The molecule has 7 heteroatoms. The molecule has 1 aromatic heterocycles. The van der Waals surface area contributed by atoms with Crippen LogP contribution >= 0.6 is 11.6 Å². The molecule has 1 fully saturated rings. The molecule has 1 aliphatic carbocycles. The first-order valence-corrected chi connectivity index (χ1v) is 10.2. The van der Waals surface area contributed by atoms with Gasteiger partial charge in [0.2, 0.25) is 0 Å². The van der Waals surface area contributed by atoms with E-state index in [-0.39, 0.29) is 6.54 Å². The number of aromatic nitrogens is 3. The number of hydrogen-bond donors (Lipinski definition) is 1. The summed E-state index contributed by atoms with van der Waals surface area (Å²) in [6, 6.07) is 7.33. The number of oxime groups is 1. The van der Waals surface area contributed by atoms with Crippen LogP contribution in [0, 0.1) is 11.3 Å². The number of aliphatic hydroxyl groups is 1. The zero-order valence-electron chi connectivity index (χ0n) is 16.8. The summed E-state index contributed by atoms with van der Waals surface area (Å²) < 4.78 is 1.65. The van der Waals surface area contributed by atoms with Gasteiger partial charge >= 0.3 is 0 Å². The van der Waals surface area contributed by atoms with E-state index in [0.29, 0.717) is 10.9 Å². The lowest BCUT2D eigenvalue weighted by Gasteiger charge is -2.45. The first kappa shape index (κ1) is 20.8. The molecule has 1 heterocycles. The molecule has 0 spiro atoms. The number of halogens is 1. The Kier molecular flexibility index (Phi) is 6.40. The molecular formula is C21H29ClN4O2. The monoisotopic (exact) mass is 404 g/mol. The zero-order valence-corrected chi connectivity index (χ0v) is 17.6. The third kappa shape index (κ3) is 4.08. The van der Waals surface area contributed by atoms with Gasteiger partial charge in [-0.1, -0.05) is 62.0 Å². The van der Waals surface area contributed by atoms with Gasteiger partial charge in [0.05, 0.1) is 12.3 Å². The maximum Gasteiger partial charge on any atom is 0.137 e. The van der Waals surface area contributed by atoms with Crippen molar-refractivity contribution in [3.63, 3.8) is 0 Å². The van der Waals surface area contributed by atoms with Crippen LogP contribution in [0.1, 0.15) is 51.5 Å². The molecule has 1 aromatic carbocycles. The summed E-state index contributed by atoms with van der Waals surface area (Å²) in [5, 5.41) is 21.4. The Morgan fingerprint density at radius 2 is 1.93 bits per heavy atom. The van der Waals surface area contributed by atoms with Gasteiger partial charge in [0, 0.05) is 16.4 Å². The average Bonchev–Trinajstić information content (AvgIpc) is 3.19. The zero-order chi connectivity index (χ0) is 20.2. The van der Waals surface area contributed by atoms with Crippen LogP contribution in [0.2, 0.25) is 5.02 Å². The topological polar surface area (TPSA) is 72.5 Å². The van der Waals surface area contributed by atoms with Crippen LogP contribution in [0.3, 0.4) is 0 Å². The molecule has 0 aliphatic heterocycles. The van der Waals surface area contributed by atoms with Crippen molar-refractivity contribution in [3.8, 4) is 0 Å². The van der Waals surface area contributed by atoms with Crippen molar-refractivity contribution >= 4 is 17.3 Å². The van der Waals surface area contributed by atoms with Crippen molar-refractivity contribution in [1.82, 2.24) is 14.8 Å². The maximum absolute atomic E-state index is 12.1. The van der Waals surface area contributed by atoms with E-state index in [4.69, 9.17) is 16.4 Å². The summed E-state index contributed by atoms with van der Waals surface area (Å²) in [5.74, 6) is 0.290. The molecule has 0 radical (unpaired) electrons. The molecule has 2 aromatic rings. The Hall–Kier alpha value is -1.92. The number of benzene rings is 1. The lowest BCUT2D eigenvalue weighted by atomic mass is 9.63. The quantitative estimate of drug-likeness (QED) is 0.547. The van der Waals surface area contributed by atoms with Gasteiger partial charge in [-0.25, -0.2) is 9.67 Å². The molecule has 0 saturated heterocycles. The number of rotatable bonds is 7. The highest BCUT2D eigenvalue weighted by atomic mass is 35.5. The molecule has 1 saturated carbocycles. The molecule has 1 aliphatic rings. The van der Waals surface area contributed by atoms with E-state index in [1.54, 1.807) is 30.3 Å². The normalized spacial score (nSPS) is 18.7. The van der Waals surface area contributed by atoms with Crippen molar-refractivity contribution in [3.05, 3.63) is 47.5 Å². The lowest BCUT2D eigenvalue weighted by Crippen LogP contribution is -2.52. The van der Waals surface area contributed by atoms with E-state index in [1.807, 2.05) is 26.0 Å².